The fourth-order valence-electron chi connectivity index (χ4n) is 2.74. The number of methoxy groups -OCH3 is 1. The third-order valence-corrected chi connectivity index (χ3v) is 3.79. The van der Waals surface area contributed by atoms with Gasteiger partial charge in [-0.1, -0.05) is 18.9 Å². The van der Waals surface area contributed by atoms with Crippen LogP contribution < -0.4 is 5.32 Å². The van der Waals surface area contributed by atoms with Gasteiger partial charge in [-0.05, 0) is 25.0 Å². The van der Waals surface area contributed by atoms with Gasteiger partial charge in [-0.2, -0.15) is 0 Å². The third kappa shape index (κ3) is 2.38. The molecule has 0 radical (unpaired) electrons. The van der Waals surface area contributed by atoms with E-state index in [-0.39, 0.29) is 5.97 Å². The Labute approximate surface area is 117 Å². The average molecular weight is 274 g/mol. The summed E-state index contributed by atoms with van der Waals surface area (Å²) in [4.78, 5) is 11.8. The molecule has 0 atom stereocenters. The molecule has 0 aromatic carbocycles. The standard InChI is InChI=1S/C14H18N4O2/c1-20-14(19)11-7-4-8-12-16-17-13(18(11)12)9-15-10-5-2-3-6-10/h4,7-8,10,15H,2-3,5-6,9H2,1H3. The Balaban J connectivity index is 1.88. The molecule has 2 aromatic rings. The zero-order valence-corrected chi connectivity index (χ0v) is 11.5. The largest absolute Gasteiger partial charge is 0.464 e. The zero-order valence-electron chi connectivity index (χ0n) is 11.5. The van der Waals surface area contributed by atoms with E-state index < -0.39 is 0 Å². The van der Waals surface area contributed by atoms with Crippen molar-refractivity contribution < 1.29 is 9.53 Å². The molecule has 1 saturated carbocycles. The summed E-state index contributed by atoms with van der Waals surface area (Å²) in [5.74, 6) is 0.366. The van der Waals surface area contributed by atoms with Gasteiger partial charge in [0.25, 0.3) is 0 Å². The first kappa shape index (κ1) is 13.1. The maximum atomic E-state index is 11.8. The van der Waals surface area contributed by atoms with E-state index in [1.165, 1.54) is 32.8 Å². The molecule has 1 N–H and O–H groups in total. The molecular formula is C14H18N4O2. The molecule has 0 unspecified atom stereocenters. The summed E-state index contributed by atoms with van der Waals surface area (Å²) >= 11 is 0. The lowest BCUT2D eigenvalue weighted by Crippen LogP contribution is -2.26. The van der Waals surface area contributed by atoms with Gasteiger partial charge in [0.05, 0.1) is 13.7 Å². The van der Waals surface area contributed by atoms with Crippen molar-refractivity contribution in [2.75, 3.05) is 7.11 Å². The van der Waals surface area contributed by atoms with Crippen LogP contribution in [0.2, 0.25) is 0 Å². The predicted octanol–water partition coefficient (Wildman–Crippen LogP) is 1.55. The van der Waals surface area contributed by atoms with Crippen LogP contribution in [-0.2, 0) is 11.3 Å². The molecule has 0 spiro atoms. The number of ether oxygens (including phenoxy) is 1. The lowest BCUT2D eigenvalue weighted by Gasteiger charge is -2.11. The first-order chi connectivity index (χ1) is 9.79. The summed E-state index contributed by atoms with van der Waals surface area (Å²) in [5.41, 5.74) is 1.12. The molecular weight excluding hydrogens is 256 g/mol. The number of nitrogens with one attached hydrogen (secondary N) is 1. The fourth-order valence-corrected chi connectivity index (χ4v) is 2.74. The van der Waals surface area contributed by atoms with Crippen molar-refractivity contribution in [2.24, 2.45) is 0 Å². The van der Waals surface area contributed by atoms with Crippen molar-refractivity contribution >= 4 is 11.6 Å². The number of fused-ring (bicyclic) bond motifs is 1. The van der Waals surface area contributed by atoms with Gasteiger partial charge in [0, 0.05) is 6.04 Å². The topological polar surface area (TPSA) is 68.5 Å². The summed E-state index contributed by atoms with van der Waals surface area (Å²) in [6.45, 7) is 0.611. The van der Waals surface area contributed by atoms with Gasteiger partial charge in [-0.15, -0.1) is 10.2 Å². The van der Waals surface area contributed by atoms with Crippen molar-refractivity contribution in [1.29, 1.82) is 0 Å². The highest BCUT2D eigenvalue weighted by molar-refractivity contribution is 5.88. The van der Waals surface area contributed by atoms with E-state index in [2.05, 4.69) is 15.5 Å². The third-order valence-electron chi connectivity index (χ3n) is 3.79. The van der Waals surface area contributed by atoms with Gasteiger partial charge in [0.15, 0.2) is 11.5 Å². The van der Waals surface area contributed by atoms with Crippen LogP contribution in [0.15, 0.2) is 18.2 Å². The highest BCUT2D eigenvalue weighted by Gasteiger charge is 2.18. The Morgan fingerprint density at radius 3 is 2.95 bits per heavy atom. The van der Waals surface area contributed by atoms with Crippen LogP contribution in [0.5, 0.6) is 0 Å². The molecule has 1 fully saturated rings. The Hall–Kier alpha value is -1.95. The predicted molar refractivity (Wildman–Crippen MR) is 73.4 cm³/mol. The second-order valence-electron chi connectivity index (χ2n) is 5.07. The van der Waals surface area contributed by atoms with E-state index >= 15 is 0 Å². The summed E-state index contributed by atoms with van der Waals surface area (Å²) in [7, 11) is 1.38. The second-order valence-corrected chi connectivity index (χ2v) is 5.07. The first-order valence-electron chi connectivity index (χ1n) is 6.94. The van der Waals surface area contributed by atoms with Crippen molar-refractivity contribution in [3.05, 3.63) is 29.7 Å². The number of nitrogens with zero attached hydrogens (tertiary/aromatic N) is 3. The lowest BCUT2D eigenvalue weighted by molar-refractivity contribution is 0.0592. The fraction of sp³-hybridized carbons (Fsp3) is 0.500. The number of hydrogen-bond donors (Lipinski definition) is 1. The summed E-state index contributed by atoms with van der Waals surface area (Å²) in [6.07, 6.45) is 4.98. The number of carbonyl (C=O) groups is 1. The Kier molecular flexibility index (Phi) is 3.64. The van der Waals surface area contributed by atoms with Crippen LogP contribution in [0.3, 0.4) is 0 Å². The van der Waals surface area contributed by atoms with Crippen molar-refractivity contribution in [2.45, 2.75) is 38.3 Å². The molecule has 6 nitrogen and oxygen atoms in total. The highest BCUT2D eigenvalue weighted by atomic mass is 16.5. The molecule has 20 heavy (non-hydrogen) atoms. The van der Waals surface area contributed by atoms with Gasteiger partial charge >= 0.3 is 5.97 Å². The van der Waals surface area contributed by atoms with Crippen LogP contribution in [0.1, 0.15) is 42.0 Å². The first-order valence-corrected chi connectivity index (χ1v) is 6.94. The molecule has 106 valence electrons. The SMILES string of the molecule is COC(=O)c1cccc2nnc(CNC3CCCC3)n12. The smallest absolute Gasteiger partial charge is 0.355 e. The molecule has 0 bridgehead atoms. The van der Waals surface area contributed by atoms with Crippen molar-refractivity contribution in [3.63, 3.8) is 0 Å². The molecule has 2 heterocycles. The van der Waals surface area contributed by atoms with Gasteiger partial charge in [-0.3, -0.25) is 4.40 Å². The highest BCUT2D eigenvalue weighted by Crippen LogP contribution is 2.18. The van der Waals surface area contributed by atoms with Gasteiger partial charge in [0.1, 0.15) is 5.69 Å². The minimum Gasteiger partial charge on any atom is -0.464 e. The van der Waals surface area contributed by atoms with Crippen LogP contribution in [-0.4, -0.2) is 33.7 Å². The van der Waals surface area contributed by atoms with Crippen molar-refractivity contribution in [1.82, 2.24) is 19.9 Å². The van der Waals surface area contributed by atoms with Crippen LogP contribution in [0, 0.1) is 0 Å². The minimum atomic E-state index is -0.377. The zero-order chi connectivity index (χ0) is 13.9. The number of pyridine rings is 1. The number of rotatable bonds is 4. The molecule has 2 aromatic heterocycles. The number of esters is 1. The molecule has 0 aliphatic heterocycles. The van der Waals surface area contributed by atoms with Crippen LogP contribution >= 0.6 is 0 Å². The van der Waals surface area contributed by atoms with Crippen LogP contribution in [0.4, 0.5) is 0 Å². The molecule has 1 aliphatic carbocycles. The Morgan fingerprint density at radius 1 is 1.40 bits per heavy atom. The minimum absolute atomic E-state index is 0.377. The molecule has 0 saturated heterocycles. The van der Waals surface area contributed by atoms with Gasteiger partial charge in [0.2, 0.25) is 0 Å². The number of hydrogen-bond acceptors (Lipinski definition) is 5. The van der Waals surface area contributed by atoms with E-state index in [0.29, 0.717) is 23.9 Å². The van der Waals surface area contributed by atoms with E-state index in [1.54, 1.807) is 16.5 Å². The average Bonchev–Trinajstić information content (AvgIpc) is 3.13. The van der Waals surface area contributed by atoms with E-state index in [0.717, 1.165) is 5.82 Å². The summed E-state index contributed by atoms with van der Waals surface area (Å²) < 4.78 is 6.57. The molecule has 3 rings (SSSR count). The molecule has 1 aliphatic rings. The summed E-state index contributed by atoms with van der Waals surface area (Å²) in [5, 5.41) is 11.8. The van der Waals surface area contributed by atoms with E-state index in [4.69, 9.17) is 4.74 Å². The van der Waals surface area contributed by atoms with Crippen LogP contribution in [0.25, 0.3) is 5.65 Å². The summed E-state index contributed by atoms with van der Waals surface area (Å²) in [6, 6.07) is 5.89. The number of aromatic nitrogens is 3. The second kappa shape index (κ2) is 5.58. The Morgan fingerprint density at radius 2 is 2.20 bits per heavy atom. The monoisotopic (exact) mass is 274 g/mol. The van der Waals surface area contributed by atoms with E-state index in [1.807, 2.05) is 6.07 Å². The quantitative estimate of drug-likeness (QED) is 0.857. The molecule has 0 amide bonds. The van der Waals surface area contributed by atoms with Gasteiger partial charge in [-0.25, -0.2) is 4.79 Å². The van der Waals surface area contributed by atoms with Crippen molar-refractivity contribution in [3.8, 4) is 0 Å². The molecule has 6 heteroatoms. The maximum absolute atomic E-state index is 11.8. The number of carbonyl (C=O) groups excluding carboxylic acids is 1. The van der Waals surface area contributed by atoms with E-state index in [9.17, 15) is 4.79 Å². The van der Waals surface area contributed by atoms with Gasteiger partial charge < -0.3 is 10.1 Å². The normalized spacial score (nSPS) is 15.8. The maximum Gasteiger partial charge on any atom is 0.355 e. The lowest BCUT2D eigenvalue weighted by atomic mass is 10.2. The Bertz CT molecular complexity index is 617.